The summed E-state index contributed by atoms with van der Waals surface area (Å²) in [5.74, 6) is 0. The summed E-state index contributed by atoms with van der Waals surface area (Å²) in [4.78, 5) is 0. The predicted octanol–water partition coefficient (Wildman–Crippen LogP) is 2.69. The molecule has 0 saturated heterocycles. The van der Waals surface area contributed by atoms with Crippen molar-refractivity contribution in [2.75, 3.05) is 13.7 Å². The van der Waals surface area contributed by atoms with Crippen molar-refractivity contribution < 1.29 is 4.74 Å². The SMILES string of the molecule is CCC(COC)NC(C)Cc1ccsc1. The van der Waals surface area contributed by atoms with E-state index in [9.17, 15) is 0 Å². The Bertz CT molecular complexity index is 248. The predicted molar refractivity (Wildman–Crippen MR) is 66.6 cm³/mol. The second kappa shape index (κ2) is 6.99. The zero-order valence-electron chi connectivity index (χ0n) is 9.82. The summed E-state index contributed by atoms with van der Waals surface area (Å²) in [7, 11) is 1.76. The minimum atomic E-state index is 0.476. The van der Waals surface area contributed by atoms with Crippen LogP contribution in [0.3, 0.4) is 0 Å². The number of methoxy groups -OCH3 is 1. The third-order valence-electron chi connectivity index (χ3n) is 2.50. The van der Waals surface area contributed by atoms with Crippen LogP contribution >= 0.6 is 11.3 Å². The first-order valence-corrected chi connectivity index (χ1v) is 6.46. The van der Waals surface area contributed by atoms with Crippen LogP contribution in [0, 0.1) is 0 Å². The third-order valence-corrected chi connectivity index (χ3v) is 3.23. The van der Waals surface area contributed by atoms with Gasteiger partial charge >= 0.3 is 0 Å². The molecule has 0 spiro atoms. The quantitative estimate of drug-likeness (QED) is 0.773. The minimum Gasteiger partial charge on any atom is -0.383 e. The molecule has 1 aromatic heterocycles. The topological polar surface area (TPSA) is 21.3 Å². The first kappa shape index (κ1) is 12.7. The van der Waals surface area contributed by atoms with Crippen LogP contribution in [0.25, 0.3) is 0 Å². The summed E-state index contributed by atoms with van der Waals surface area (Å²) in [6.45, 7) is 5.22. The Hall–Kier alpha value is -0.380. The molecule has 1 N–H and O–H groups in total. The lowest BCUT2D eigenvalue weighted by atomic mass is 10.1. The van der Waals surface area contributed by atoms with Crippen LogP contribution in [0.1, 0.15) is 25.8 Å². The number of thiophene rings is 1. The van der Waals surface area contributed by atoms with E-state index in [0.29, 0.717) is 12.1 Å². The van der Waals surface area contributed by atoms with Gasteiger partial charge in [-0.05, 0) is 42.2 Å². The molecule has 0 radical (unpaired) electrons. The highest BCUT2D eigenvalue weighted by molar-refractivity contribution is 7.07. The van der Waals surface area contributed by atoms with Crippen molar-refractivity contribution in [1.29, 1.82) is 0 Å². The summed E-state index contributed by atoms with van der Waals surface area (Å²) < 4.78 is 5.17. The number of hydrogen-bond acceptors (Lipinski definition) is 3. The first-order valence-electron chi connectivity index (χ1n) is 5.52. The van der Waals surface area contributed by atoms with Crippen molar-refractivity contribution in [3.63, 3.8) is 0 Å². The Morgan fingerprint density at radius 3 is 2.87 bits per heavy atom. The van der Waals surface area contributed by atoms with Gasteiger partial charge in [-0.3, -0.25) is 0 Å². The van der Waals surface area contributed by atoms with Gasteiger partial charge in [0.1, 0.15) is 0 Å². The molecule has 1 aromatic rings. The lowest BCUT2D eigenvalue weighted by molar-refractivity contribution is 0.159. The zero-order valence-corrected chi connectivity index (χ0v) is 10.6. The minimum absolute atomic E-state index is 0.476. The lowest BCUT2D eigenvalue weighted by Crippen LogP contribution is -2.40. The average molecular weight is 227 g/mol. The van der Waals surface area contributed by atoms with Gasteiger partial charge in [-0.25, -0.2) is 0 Å². The number of rotatable bonds is 7. The van der Waals surface area contributed by atoms with Crippen LogP contribution in [-0.4, -0.2) is 25.8 Å². The van der Waals surface area contributed by atoms with Crippen LogP contribution in [0.2, 0.25) is 0 Å². The van der Waals surface area contributed by atoms with Crippen LogP contribution in [0.15, 0.2) is 16.8 Å². The zero-order chi connectivity index (χ0) is 11.1. The third kappa shape index (κ3) is 4.78. The van der Waals surface area contributed by atoms with E-state index in [1.807, 2.05) is 0 Å². The molecule has 15 heavy (non-hydrogen) atoms. The van der Waals surface area contributed by atoms with Gasteiger partial charge in [-0.2, -0.15) is 11.3 Å². The number of nitrogens with one attached hydrogen (secondary N) is 1. The van der Waals surface area contributed by atoms with Crippen LogP contribution in [0.5, 0.6) is 0 Å². The van der Waals surface area contributed by atoms with Gasteiger partial charge in [0.25, 0.3) is 0 Å². The molecule has 1 heterocycles. The molecule has 2 unspecified atom stereocenters. The Morgan fingerprint density at radius 1 is 1.53 bits per heavy atom. The highest BCUT2D eigenvalue weighted by atomic mass is 32.1. The number of hydrogen-bond donors (Lipinski definition) is 1. The van der Waals surface area contributed by atoms with Gasteiger partial charge in [0, 0.05) is 19.2 Å². The fourth-order valence-electron chi connectivity index (χ4n) is 1.71. The van der Waals surface area contributed by atoms with E-state index in [4.69, 9.17) is 4.74 Å². The molecular weight excluding hydrogens is 206 g/mol. The van der Waals surface area contributed by atoms with Gasteiger partial charge in [0.15, 0.2) is 0 Å². The summed E-state index contributed by atoms with van der Waals surface area (Å²) in [5, 5.41) is 7.94. The smallest absolute Gasteiger partial charge is 0.0615 e. The van der Waals surface area contributed by atoms with Crippen molar-refractivity contribution in [2.24, 2.45) is 0 Å². The summed E-state index contributed by atoms with van der Waals surface area (Å²) in [5.41, 5.74) is 1.42. The molecule has 0 fully saturated rings. The molecule has 2 atom stereocenters. The first-order chi connectivity index (χ1) is 7.26. The van der Waals surface area contributed by atoms with Gasteiger partial charge in [-0.15, -0.1) is 0 Å². The van der Waals surface area contributed by atoms with Gasteiger partial charge in [0.05, 0.1) is 6.61 Å². The van der Waals surface area contributed by atoms with E-state index in [0.717, 1.165) is 19.4 Å². The van der Waals surface area contributed by atoms with Crippen molar-refractivity contribution in [2.45, 2.75) is 38.8 Å². The molecule has 0 aromatic carbocycles. The van der Waals surface area contributed by atoms with E-state index >= 15 is 0 Å². The molecule has 3 heteroatoms. The van der Waals surface area contributed by atoms with Crippen LogP contribution < -0.4 is 5.32 Å². The highest BCUT2D eigenvalue weighted by Crippen LogP contribution is 2.09. The molecule has 0 aliphatic rings. The molecule has 0 bridgehead atoms. The largest absolute Gasteiger partial charge is 0.383 e. The summed E-state index contributed by atoms with van der Waals surface area (Å²) in [6, 6.07) is 3.18. The second-order valence-corrected chi connectivity index (χ2v) is 4.74. The Morgan fingerprint density at radius 2 is 2.33 bits per heavy atom. The molecular formula is C12H21NOS. The van der Waals surface area contributed by atoms with Crippen LogP contribution in [-0.2, 0) is 11.2 Å². The van der Waals surface area contributed by atoms with Crippen molar-refractivity contribution in [3.05, 3.63) is 22.4 Å². The normalized spacial score (nSPS) is 15.1. The van der Waals surface area contributed by atoms with Gasteiger partial charge < -0.3 is 10.1 Å². The number of ether oxygens (including phenoxy) is 1. The second-order valence-electron chi connectivity index (χ2n) is 3.96. The van der Waals surface area contributed by atoms with E-state index in [-0.39, 0.29) is 0 Å². The van der Waals surface area contributed by atoms with Crippen LogP contribution in [0.4, 0.5) is 0 Å². The highest BCUT2D eigenvalue weighted by Gasteiger charge is 2.10. The van der Waals surface area contributed by atoms with Crippen molar-refractivity contribution >= 4 is 11.3 Å². The standard InChI is InChI=1S/C12H21NOS/c1-4-12(8-14-3)13-10(2)7-11-5-6-15-9-11/h5-6,9-10,12-13H,4,7-8H2,1-3H3. The average Bonchev–Trinajstić information content (AvgIpc) is 2.69. The van der Waals surface area contributed by atoms with Crippen molar-refractivity contribution in [1.82, 2.24) is 5.32 Å². The lowest BCUT2D eigenvalue weighted by Gasteiger charge is -2.21. The molecule has 0 aliphatic carbocycles. The molecule has 0 saturated carbocycles. The van der Waals surface area contributed by atoms with Gasteiger partial charge in [-0.1, -0.05) is 6.92 Å². The Kier molecular flexibility index (Phi) is 5.91. The monoisotopic (exact) mass is 227 g/mol. The molecule has 86 valence electrons. The van der Waals surface area contributed by atoms with E-state index < -0.39 is 0 Å². The fourth-order valence-corrected chi connectivity index (χ4v) is 2.39. The molecule has 1 rings (SSSR count). The Balaban J connectivity index is 2.30. The molecule has 2 nitrogen and oxygen atoms in total. The maximum atomic E-state index is 5.17. The molecule has 0 amide bonds. The summed E-state index contributed by atoms with van der Waals surface area (Å²) in [6.07, 6.45) is 2.21. The summed E-state index contributed by atoms with van der Waals surface area (Å²) >= 11 is 1.76. The van der Waals surface area contributed by atoms with E-state index in [1.54, 1.807) is 18.4 Å². The fraction of sp³-hybridized carbons (Fsp3) is 0.667. The van der Waals surface area contributed by atoms with E-state index in [2.05, 4.69) is 36.0 Å². The molecule has 0 aliphatic heterocycles. The van der Waals surface area contributed by atoms with E-state index in [1.165, 1.54) is 5.56 Å². The maximum Gasteiger partial charge on any atom is 0.0615 e. The van der Waals surface area contributed by atoms with Crippen molar-refractivity contribution in [3.8, 4) is 0 Å². The maximum absolute atomic E-state index is 5.17. The Labute approximate surface area is 96.7 Å². The van der Waals surface area contributed by atoms with Gasteiger partial charge in [0.2, 0.25) is 0 Å².